The topological polar surface area (TPSA) is 84.4 Å². The van der Waals surface area contributed by atoms with E-state index in [2.05, 4.69) is 70.9 Å². The number of fused-ring (bicyclic) bond motifs is 2. The Morgan fingerprint density at radius 2 is 1.78 bits per heavy atom. The fourth-order valence-electron chi connectivity index (χ4n) is 5.27. The highest BCUT2D eigenvalue weighted by atomic mass is 16.2. The molecule has 1 heterocycles. The largest absolute Gasteiger partial charge is 0.355 e. The van der Waals surface area contributed by atoms with Gasteiger partial charge in [-0.2, -0.15) is 0 Å². The molecular formula is C27H32N4O. The summed E-state index contributed by atoms with van der Waals surface area (Å²) in [4.78, 5) is 15.8. The first kappa shape index (κ1) is 21.0. The Balaban J connectivity index is 1.45. The molecule has 5 nitrogen and oxygen atoms in total. The molecular weight excluding hydrogens is 396 g/mol. The van der Waals surface area contributed by atoms with Crippen molar-refractivity contribution in [2.75, 3.05) is 4.90 Å². The zero-order chi connectivity index (χ0) is 22.1. The summed E-state index contributed by atoms with van der Waals surface area (Å²) in [5, 5.41) is 5.79. The van der Waals surface area contributed by atoms with E-state index >= 15 is 0 Å². The van der Waals surface area contributed by atoms with Gasteiger partial charge in [-0.15, -0.1) is 0 Å². The number of nitrogens with zero attached hydrogens (tertiary/aromatic N) is 1. The molecule has 0 saturated heterocycles. The van der Waals surface area contributed by atoms with Crippen LogP contribution in [0, 0.1) is 0 Å². The lowest BCUT2D eigenvalue weighted by atomic mass is 9.91. The van der Waals surface area contributed by atoms with Gasteiger partial charge in [-0.25, -0.2) is 0 Å². The number of hydrogen-bond acceptors (Lipinski definition) is 4. The first-order valence-electron chi connectivity index (χ1n) is 11.7. The van der Waals surface area contributed by atoms with Gasteiger partial charge in [0.1, 0.15) is 6.04 Å². The minimum Gasteiger partial charge on any atom is -0.355 e. The summed E-state index contributed by atoms with van der Waals surface area (Å²) in [7, 11) is 0. The zero-order valence-electron chi connectivity index (χ0n) is 18.5. The molecule has 1 fully saturated rings. The van der Waals surface area contributed by atoms with E-state index in [0.717, 1.165) is 43.4 Å². The molecule has 3 aromatic rings. The molecule has 32 heavy (non-hydrogen) atoms. The van der Waals surface area contributed by atoms with Crippen LogP contribution in [0.5, 0.6) is 0 Å². The van der Waals surface area contributed by atoms with Gasteiger partial charge in [-0.1, -0.05) is 54.6 Å². The summed E-state index contributed by atoms with van der Waals surface area (Å²) < 4.78 is 0. The summed E-state index contributed by atoms with van der Waals surface area (Å²) in [5.74, 6) is 0.121. The Morgan fingerprint density at radius 1 is 1.00 bits per heavy atom. The van der Waals surface area contributed by atoms with E-state index in [1.54, 1.807) is 0 Å². The molecule has 1 atom stereocenters. The van der Waals surface area contributed by atoms with Crippen molar-refractivity contribution < 1.29 is 4.79 Å². The van der Waals surface area contributed by atoms with Gasteiger partial charge in [0.2, 0.25) is 5.91 Å². The molecule has 0 aromatic heterocycles. The van der Waals surface area contributed by atoms with E-state index in [9.17, 15) is 4.79 Å². The quantitative estimate of drug-likeness (QED) is 0.580. The summed E-state index contributed by atoms with van der Waals surface area (Å²) in [6.45, 7) is 1.19. The molecule has 5 N–H and O–H groups in total. The second-order valence-corrected chi connectivity index (χ2v) is 9.27. The number of amides is 1. The molecule has 166 valence electrons. The normalized spacial score (nSPS) is 22.7. The van der Waals surface area contributed by atoms with Crippen LogP contribution in [0.1, 0.15) is 42.4 Å². The Hall–Kier alpha value is -2.89. The lowest BCUT2D eigenvalue weighted by Crippen LogP contribution is -2.49. The predicted molar refractivity (Wildman–Crippen MR) is 130 cm³/mol. The summed E-state index contributed by atoms with van der Waals surface area (Å²) >= 11 is 0. The minimum atomic E-state index is -0.215. The first-order valence-corrected chi connectivity index (χ1v) is 11.7. The fraction of sp³-hybridized carbons (Fsp3) is 0.370. The van der Waals surface area contributed by atoms with Crippen molar-refractivity contribution in [1.29, 1.82) is 0 Å². The molecule has 1 saturated carbocycles. The third kappa shape index (κ3) is 4.10. The van der Waals surface area contributed by atoms with Crippen LogP contribution in [0.3, 0.4) is 0 Å². The van der Waals surface area contributed by atoms with Gasteiger partial charge in [0.25, 0.3) is 0 Å². The maximum atomic E-state index is 13.5. The van der Waals surface area contributed by atoms with Gasteiger partial charge < -0.3 is 21.7 Å². The highest BCUT2D eigenvalue weighted by Crippen LogP contribution is 2.36. The number of nitrogens with two attached hydrogens (primary N) is 2. The first-order chi connectivity index (χ1) is 15.6. The van der Waals surface area contributed by atoms with Crippen molar-refractivity contribution in [3.63, 3.8) is 0 Å². The Bertz CT molecular complexity index is 1110. The third-order valence-electron chi connectivity index (χ3n) is 7.13. The van der Waals surface area contributed by atoms with Crippen molar-refractivity contribution in [1.82, 2.24) is 5.32 Å². The number of rotatable bonds is 5. The number of hydrogen-bond donors (Lipinski definition) is 3. The molecule has 5 rings (SSSR count). The van der Waals surface area contributed by atoms with Crippen LogP contribution in [-0.2, 0) is 24.3 Å². The number of carbonyl (C=O) groups excluding carboxylic acids is 1. The van der Waals surface area contributed by atoms with Crippen LogP contribution in [0.25, 0.3) is 10.8 Å². The molecule has 1 amide bonds. The second kappa shape index (κ2) is 8.93. The Morgan fingerprint density at radius 3 is 2.59 bits per heavy atom. The van der Waals surface area contributed by atoms with Gasteiger partial charge in [0, 0.05) is 37.3 Å². The number of anilines is 1. The van der Waals surface area contributed by atoms with E-state index < -0.39 is 0 Å². The lowest BCUT2D eigenvalue weighted by Gasteiger charge is -2.31. The third-order valence-corrected chi connectivity index (χ3v) is 7.13. The second-order valence-electron chi connectivity index (χ2n) is 9.27. The summed E-state index contributed by atoms with van der Waals surface area (Å²) in [5.41, 5.74) is 16.7. The molecule has 0 radical (unpaired) electrons. The maximum Gasteiger partial charge on any atom is 0.243 e. The summed E-state index contributed by atoms with van der Waals surface area (Å²) in [6, 6.07) is 21.5. The monoisotopic (exact) mass is 428 g/mol. The fourth-order valence-corrected chi connectivity index (χ4v) is 5.27. The van der Waals surface area contributed by atoms with E-state index in [1.807, 2.05) is 0 Å². The maximum absolute atomic E-state index is 13.5. The number of benzene rings is 3. The van der Waals surface area contributed by atoms with E-state index in [-0.39, 0.29) is 24.0 Å². The van der Waals surface area contributed by atoms with E-state index in [1.165, 1.54) is 21.9 Å². The average molecular weight is 429 g/mol. The number of nitrogens with one attached hydrogen (secondary N) is 1. The van der Waals surface area contributed by atoms with Gasteiger partial charge in [-0.3, -0.25) is 4.79 Å². The predicted octanol–water partition coefficient (Wildman–Crippen LogP) is 3.62. The van der Waals surface area contributed by atoms with Crippen LogP contribution in [0.4, 0.5) is 5.69 Å². The molecule has 1 aliphatic carbocycles. The molecule has 2 aliphatic rings. The van der Waals surface area contributed by atoms with Gasteiger partial charge in [-0.05, 0) is 59.2 Å². The number of carbonyl (C=O) groups is 1. The lowest BCUT2D eigenvalue weighted by molar-refractivity contribution is -0.123. The molecule has 1 aliphatic heterocycles. The van der Waals surface area contributed by atoms with Crippen molar-refractivity contribution in [2.24, 2.45) is 11.5 Å². The van der Waals surface area contributed by atoms with Crippen LogP contribution in [0.2, 0.25) is 0 Å². The Kier molecular flexibility index (Phi) is 5.85. The molecule has 3 aromatic carbocycles. The smallest absolute Gasteiger partial charge is 0.243 e. The van der Waals surface area contributed by atoms with Crippen LogP contribution in [-0.4, -0.2) is 24.0 Å². The SMILES string of the molecule is NCc1ccc2c(c1)N(Cc1cccc3ccccc13)C(C(=O)NC1CCC(N)CC1)C2. The van der Waals surface area contributed by atoms with Crippen LogP contribution in [0.15, 0.2) is 60.7 Å². The Labute approximate surface area is 189 Å². The molecule has 0 spiro atoms. The van der Waals surface area contributed by atoms with Crippen LogP contribution >= 0.6 is 0 Å². The van der Waals surface area contributed by atoms with Crippen molar-refractivity contribution in [3.8, 4) is 0 Å². The molecule has 0 bridgehead atoms. The van der Waals surface area contributed by atoms with Crippen molar-refractivity contribution in [3.05, 3.63) is 77.4 Å². The zero-order valence-corrected chi connectivity index (χ0v) is 18.5. The average Bonchev–Trinajstić information content (AvgIpc) is 3.18. The van der Waals surface area contributed by atoms with Crippen molar-refractivity contribution in [2.45, 2.75) is 63.3 Å². The van der Waals surface area contributed by atoms with E-state index in [4.69, 9.17) is 11.5 Å². The molecule has 5 heteroatoms. The van der Waals surface area contributed by atoms with Crippen LogP contribution < -0.4 is 21.7 Å². The molecule has 1 unspecified atom stereocenters. The standard InChI is InChI=1S/C27H32N4O/c28-16-18-8-9-20-15-26(27(32)30-23-12-10-22(29)11-13-23)31(25(20)14-18)17-21-6-3-5-19-4-1-2-7-24(19)21/h1-9,14,22-23,26H,10-13,15-17,28-29H2,(H,30,32). The summed E-state index contributed by atoms with van der Waals surface area (Å²) in [6.07, 6.45) is 4.62. The highest BCUT2D eigenvalue weighted by Gasteiger charge is 2.36. The van der Waals surface area contributed by atoms with Gasteiger partial charge >= 0.3 is 0 Å². The highest BCUT2D eigenvalue weighted by molar-refractivity contribution is 5.90. The minimum absolute atomic E-state index is 0.121. The van der Waals surface area contributed by atoms with Crippen molar-refractivity contribution >= 4 is 22.4 Å². The van der Waals surface area contributed by atoms with E-state index in [0.29, 0.717) is 13.1 Å². The van der Waals surface area contributed by atoms with Gasteiger partial charge in [0.15, 0.2) is 0 Å². The van der Waals surface area contributed by atoms with Gasteiger partial charge in [0.05, 0.1) is 0 Å².